The summed E-state index contributed by atoms with van der Waals surface area (Å²) in [5.41, 5.74) is 3.80. The molecule has 2 aliphatic heterocycles. The van der Waals surface area contributed by atoms with E-state index >= 15 is 0 Å². The highest BCUT2D eigenvalue weighted by molar-refractivity contribution is 5.89. The Balaban J connectivity index is 1.33. The molecule has 5 rings (SSSR count). The number of aromatic nitrogens is 1. The fourth-order valence-corrected chi connectivity index (χ4v) is 5.15. The van der Waals surface area contributed by atoms with E-state index < -0.39 is 0 Å². The van der Waals surface area contributed by atoms with Crippen molar-refractivity contribution in [2.75, 3.05) is 37.9 Å². The van der Waals surface area contributed by atoms with Crippen LogP contribution in [0.2, 0.25) is 0 Å². The maximum absolute atomic E-state index is 13.1. The Kier molecular flexibility index (Phi) is 6.35. The van der Waals surface area contributed by atoms with E-state index in [1.54, 1.807) is 20.3 Å². The van der Waals surface area contributed by atoms with E-state index in [2.05, 4.69) is 10.6 Å². The number of ether oxygens (including phenoxy) is 2. The second-order valence-corrected chi connectivity index (χ2v) is 9.15. The van der Waals surface area contributed by atoms with Gasteiger partial charge in [-0.1, -0.05) is 12.1 Å². The number of nitrogens with one attached hydrogen (secondary N) is 2. The lowest BCUT2D eigenvalue weighted by atomic mass is 9.82. The Hall–Kier alpha value is -3.94. The average molecular weight is 475 g/mol. The van der Waals surface area contributed by atoms with Gasteiger partial charge in [-0.3, -0.25) is 4.79 Å². The van der Waals surface area contributed by atoms with Crippen molar-refractivity contribution in [3.63, 3.8) is 0 Å². The molecule has 2 aromatic carbocycles. The summed E-state index contributed by atoms with van der Waals surface area (Å²) in [5.74, 6) is 1.90. The number of carbonyl (C=O) groups is 1. The van der Waals surface area contributed by atoms with Crippen LogP contribution in [0.1, 0.15) is 23.6 Å². The molecule has 0 radical (unpaired) electrons. The highest BCUT2D eigenvalue weighted by Gasteiger charge is 2.37. The quantitative estimate of drug-likeness (QED) is 0.561. The summed E-state index contributed by atoms with van der Waals surface area (Å²) < 4.78 is 12.3. The standard InChI is InChI=1S/C27H30N4O4/c1-34-22-7-3-18(4-8-22)14-28-24-11-12-25(32)31-16-19-13-20(26(24)31)17-30(15-19)27(33)29-21-5-9-23(35-2)10-6-21/h3-12,19-20,28H,13-17H2,1-2H3,(H,29,33). The number of likely N-dealkylation sites (tertiary alicyclic amines) is 1. The van der Waals surface area contributed by atoms with E-state index in [1.807, 2.05) is 64.1 Å². The minimum atomic E-state index is -0.121. The van der Waals surface area contributed by atoms with E-state index in [4.69, 9.17) is 9.47 Å². The molecule has 182 valence electrons. The van der Waals surface area contributed by atoms with Gasteiger partial charge in [-0.25, -0.2) is 4.79 Å². The van der Waals surface area contributed by atoms with Crippen LogP contribution in [0.4, 0.5) is 16.2 Å². The summed E-state index contributed by atoms with van der Waals surface area (Å²) in [6.07, 6.45) is 0.965. The van der Waals surface area contributed by atoms with Gasteiger partial charge >= 0.3 is 6.03 Å². The summed E-state index contributed by atoms with van der Waals surface area (Å²) in [7, 11) is 3.27. The zero-order chi connectivity index (χ0) is 24.4. The SMILES string of the molecule is COc1ccc(CNc2ccc(=O)n3c2C2CC(CN(C(=O)Nc4ccc(OC)cc4)C2)C3)cc1. The molecule has 2 bridgehead atoms. The molecule has 3 aromatic rings. The van der Waals surface area contributed by atoms with Gasteiger partial charge in [0.15, 0.2) is 0 Å². The first kappa shape index (κ1) is 22.8. The number of hydrogen-bond donors (Lipinski definition) is 2. The normalized spacial score (nSPS) is 18.4. The number of rotatable bonds is 6. The molecule has 1 aromatic heterocycles. The molecule has 0 spiro atoms. The number of urea groups is 1. The topological polar surface area (TPSA) is 84.8 Å². The predicted molar refractivity (Wildman–Crippen MR) is 135 cm³/mol. The molecule has 2 amide bonds. The number of anilines is 2. The molecule has 8 nitrogen and oxygen atoms in total. The van der Waals surface area contributed by atoms with Crippen molar-refractivity contribution >= 4 is 17.4 Å². The van der Waals surface area contributed by atoms with Gasteiger partial charge in [0.1, 0.15) is 11.5 Å². The molecule has 2 N–H and O–H groups in total. The Morgan fingerprint density at radius 1 is 0.914 bits per heavy atom. The first-order chi connectivity index (χ1) is 17.0. The fraction of sp³-hybridized carbons (Fsp3) is 0.333. The number of benzene rings is 2. The molecule has 2 atom stereocenters. The maximum Gasteiger partial charge on any atom is 0.321 e. The number of fused-ring (bicyclic) bond motifs is 4. The van der Waals surface area contributed by atoms with Gasteiger partial charge in [0.05, 0.1) is 19.9 Å². The second-order valence-electron chi connectivity index (χ2n) is 9.15. The molecule has 3 heterocycles. The summed E-state index contributed by atoms with van der Waals surface area (Å²) in [6, 6.07) is 18.6. The lowest BCUT2D eigenvalue weighted by Crippen LogP contribution is -2.50. The van der Waals surface area contributed by atoms with Crippen molar-refractivity contribution in [3.05, 3.63) is 82.3 Å². The molecule has 2 unspecified atom stereocenters. The predicted octanol–water partition coefficient (Wildman–Crippen LogP) is 4.13. The van der Waals surface area contributed by atoms with Crippen molar-refractivity contribution in [2.45, 2.75) is 25.4 Å². The van der Waals surface area contributed by atoms with Crippen LogP contribution in [0.15, 0.2) is 65.5 Å². The van der Waals surface area contributed by atoms with Crippen LogP contribution in [0.5, 0.6) is 11.5 Å². The number of nitrogens with zero attached hydrogens (tertiary/aromatic N) is 2. The number of carbonyl (C=O) groups excluding carboxylic acids is 1. The highest BCUT2D eigenvalue weighted by Crippen LogP contribution is 2.38. The van der Waals surface area contributed by atoms with E-state index in [9.17, 15) is 9.59 Å². The van der Waals surface area contributed by atoms with Gasteiger partial charge in [0, 0.05) is 49.5 Å². The second kappa shape index (κ2) is 9.74. The van der Waals surface area contributed by atoms with Crippen molar-refractivity contribution < 1.29 is 14.3 Å². The number of hydrogen-bond acceptors (Lipinski definition) is 5. The number of pyridine rings is 1. The molecule has 0 saturated carbocycles. The van der Waals surface area contributed by atoms with Crippen LogP contribution in [0.25, 0.3) is 0 Å². The van der Waals surface area contributed by atoms with Crippen LogP contribution in [-0.2, 0) is 13.1 Å². The molecule has 1 saturated heterocycles. The first-order valence-corrected chi connectivity index (χ1v) is 11.8. The molecule has 35 heavy (non-hydrogen) atoms. The first-order valence-electron chi connectivity index (χ1n) is 11.8. The van der Waals surface area contributed by atoms with E-state index in [0.29, 0.717) is 26.2 Å². The third-order valence-electron chi connectivity index (χ3n) is 6.86. The molecular weight excluding hydrogens is 444 g/mol. The van der Waals surface area contributed by atoms with Crippen molar-refractivity contribution in [1.29, 1.82) is 0 Å². The minimum Gasteiger partial charge on any atom is -0.497 e. The number of piperidine rings is 1. The zero-order valence-corrected chi connectivity index (χ0v) is 20.0. The lowest BCUT2D eigenvalue weighted by molar-refractivity contribution is 0.140. The number of methoxy groups -OCH3 is 2. The van der Waals surface area contributed by atoms with Crippen molar-refractivity contribution in [2.24, 2.45) is 5.92 Å². The van der Waals surface area contributed by atoms with Gasteiger partial charge in [0.25, 0.3) is 5.56 Å². The summed E-state index contributed by atoms with van der Waals surface area (Å²) in [6.45, 7) is 2.45. The third kappa shape index (κ3) is 4.82. The number of amides is 2. The summed E-state index contributed by atoms with van der Waals surface area (Å²) >= 11 is 0. The fourth-order valence-electron chi connectivity index (χ4n) is 5.15. The molecule has 2 aliphatic rings. The Morgan fingerprint density at radius 2 is 1.60 bits per heavy atom. The van der Waals surface area contributed by atoms with Gasteiger partial charge in [-0.05, 0) is 60.4 Å². The van der Waals surface area contributed by atoms with Crippen LogP contribution in [0, 0.1) is 5.92 Å². The maximum atomic E-state index is 13.1. The van der Waals surface area contributed by atoms with Gasteiger partial charge < -0.3 is 29.6 Å². The van der Waals surface area contributed by atoms with Crippen LogP contribution in [-0.4, -0.2) is 42.8 Å². The monoisotopic (exact) mass is 474 g/mol. The smallest absolute Gasteiger partial charge is 0.321 e. The highest BCUT2D eigenvalue weighted by atomic mass is 16.5. The zero-order valence-electron chi connectivity index (χ0n) is 20.0. The van der Waals surface area contributed by atoms with Gasteiger partial charge in [-0.15, -0.1) is 0 Å². The Morgan fingerprint density at radius 3 is 2.29 bits per heavy atom. The molecule has 1 fully saturated rings. The van der Waals surface area contributed by atoms with E-state index in [-0.39, 0.29) is 23.4 Å². The minimum absolute atomic E-state index is 0.0147. The summed E-state index contributed by atoms with van der Waals surface area (Å²) in [5, 5.41) is 6.52. The largest absolute Gasteiger partial charge is 0.497 e. The average Bonchev–Trinajstić information content (AvgIpc) is 2.89. The summed E-state index contributed by atoms with van der Waals surface area (Å²) in [4.78, 5) is 27.7. The van der Waals surface area contributed by atoms with Crippen molar-refractivity contribution in [1.82, 2.24) is 9.47 Å². The lowest BCUT2D eigenvalue weighted by Gasteiger charge is -2.43. The van der Waals surface area contributed by atoms with Crippen molar-refractivity contribution in [3.8, 4) is 11.5 Å². The van der Waals surface area contributed by atoms with Crippen LogP contribution < -0.4 is 25.7 Å². The third-order valence-corrected chi connectivity index (χ3v) is 6.86. The van der Waals surface area contributed by atoms with E-state index in [1.165, 1.54) is 0 Å². The van der Waals surface area contributed by atoms with E-state index in [0.717, 1.165) is 40.6 Å². The Bertz CT molecular complexity index is 1250. The molecule has 0 aliphatic carbocycles. The van der Waals surface area contributed by atoms with Gasteiger partial charge in [0.2, 0.25) is 0 Å². The van der Waals surface area contributed by atoms with Crippen LogP contribution >= 0.6 is 0 Å². The Labute approximate surface area is 204 Å². The van der Waals surface area contributed by atoms with Gasteiger partial charge in [-0.2, -0.15) is 0 Å². The molecular formula is C27H30N4O4. The van der Waals surface area contributed by atoms with Crippen LogP contribution in [0.3, 0.4) is 0 Å². The molecule has 8 heteroatoms.